The fraction of sp³-hybridized carbons (Fsp3) is 0.214. The summed E-state index contributed by atoms with van der Waals surface area (Å²) in [6.07, 6.45) is 12.5. The lowest BCUT2D eigenvalue weighted by molar-refractivity contribution is -0.111. The average Bonchev–Trinajstić information content (AvgIpc) is 2.26. The van der Waals surface area contributed by atoms with E-state index in [1.807, 2.05) is 39.0 Å². The Kier molecular flexibility index (Phi) is 6.90. The molecule has 0 N–H and O–H groups in total. The van der Waals surface area contributed by atoms with E-state index < -0.39 is 0 Å². The number of hydrogen-bond donors (Lipinski definition) is 0. The second-order valence-electron chi connectivity index (χ2n) is 2.93. The molecule has 0 spiro atoms. The third-order valence-electron chi connectivity index (χ3n) is 1.87. The summed E-state index contributed by atoms with van der Waals surface area (Å²) in [5.74, 6) is 0.00343. The van der Waals surface area contributed by atoms with Gasteiger partial charge < -0.3 is 0 Å². The normalized spacial score (nSPS) is 13.8. The van der Waals surface area contributed by atoms with Crippen molar-refractivity contribution in [2.75, 3.05) is 0 Å². The quantitative estimate of drug-likeness (QED) is 0.490. The minimum absolute atomic E-state index is 0.00343. The first-order valence-electron chi connectivity index (χ1n) is 5.00. The molecule has 0 aliphatic rings. The van der Waals surface area contributed by atoms with Crippen molar-refractivity contribution >= 4 is 5.78 Å². The molecule has 0 aromatic rings. The summed E-state index contributed by atoms with van der Waals surface area (Å²) >= 11 is 0. The smallest absolute Gasteiger partial charge is 0.192 e. The highest BCUT2D eigenvalue weighted by molar-refractivity contribution is 6.11. The molecule has 1 heteroatoms. The number of ketones is 1. The van der Waals surface area contributed by atoms with Crippen LogP contribution >= 0.6 is 0 Å². The van der Waals surface area contributed by atoms with Crippen LogP contribution in [-0.2, 0) is 4.79 Å². The topological polar surface area (TPSA) is 17.1 Å². The van der Waals surface area contributed by atoms with Crippen LogP contribution in [-0.4, -0.2) is 5.78 Å². The molecule has 0 atom stereocenters. The van der Waals surface area contributed by atoms with E-state index in [0.717, 1.165) is 0 Å². The van der Waals surface area contributed by atoms with Crippen LogP contribution in [0.25, 0.3) is 0 Å². The Balaban J connectivity index is 5.03. The summed E-state index contributed by atoms with van der Waals surface area (Å²) < 4.78 is 0. The first-order valence-corrected chi connectivity index (χ1v) is 5.00. The van der Waals surface area contributed by atoms with Gasteiger partial charge in [-0.05, 0) is 20.8 Å². The Bertz CT molecular complexity index is 338. The molecular formula is C14H18O. The molecule has 15 heavy (non-hydrogen) atoms. The van der Waals surface area contributed by atoms with Crippen LogP contribution in [0.5, 0.6) is 0 Å². The molecule has 0 bridgehead atoms. The maximum Gasteiger partial charge on any atom is 0.192 e. The molecule has 0 amide bonds. The van der Waals surface area contributed by atoms with Gasteiger partial charge in [0.1, 0.15) is 0 Å². The third kappa shape index (κ3) is 4.41. The molecule has 80 valence electrons. The van der Waals surface area contributed by atoms with Gasteiger partial charge in [0.15, 0.2) is 5.78 Å². The number of hydrogen-bond acceptors (Lipinski definition) is 1. The molecule has 0 aliphatic heterocycles. The molecule has 0 aliphatic carbocycles. The lowest BCUT2D eigenvalue weighted by Gasteiger charge is -2.00. The van der Waals surface area contributed by atoms with E-state index >= 15 is 0 Å². The highest BCUT2D eigenvalue weighted by Gasteiger charge is 2.07. The van der Waals surface area contributed by atoms with E-state index in [9.17, 15) is 4.79 Å². The van der Waals surface area contributed by atoms with Gasteiger partial charge >= 0.3 is 0 Å². The van der Waals surface area contributed by atoms with Crippen LogP contribution in [0.4, 0.5) is 0 Å². The largest absolute Gasteiger partial charge is 0.289 e. The van der Waals surface area contributed by atoms with Gasteiger partial charge in [-0.25, -0.2) is 0 Å². The van der Waals surface area contributed by atoms with E-state index in [2.05, 4.69) is 6.58 Å². The number of allylic oxidation sites excluding steroid dienone is 9. The van der Waals surface area contributed by atoms with Crippen LogP contribution in [0, 0.1) is 0 Å². The minimum atomic E-state index is 0.00343. The molecule has 0 heterocycles. The zero-order chi connectivity index (χ0) is 11.7. The second-order valence-corrected chi connectivity index (χ2v) is 2.93. The average molecular weight is 202 g/mol. The summed E-state index contributed by atoms with van der Waals surface area (Å²) in [5.41, 5.74) is 1.30. The van der Waals surface area contributed by atoms with Gasteiger partial charge in [-0.2, -0.15) is 0 Å². The van der Waals surface area contributed by atoms with Gasteiger partial charge in [-0.1, -0.05) is 49.1 Å². The zero-order valence-corrected chi connectivity index (χ0v) is 9.66. The van der Waals surface area contributed by atoms with Crippen LogP contribution in [0.1, 0.15) is 20.8 Å². The summed E-state index contributed by atoms with van der Waals surface area (Å²) in [4.78, 5) is 11.9. The van der Waals surface area contributed by atoms with Crippen molar-refractivity contribution in [3.8, 4) is 0 Å². The molecule has 0 aromatic heterocycles. The Morgan fingerprint density at radius 1 is 1.07 bits per heavy atom. The Hall–Kier alpha value is -1.63. The monoisotopic (exact) mass is 202 g/mol. The molecule has 0 rings (SSSR count). The number of carbonyl (C=O) groups is 1. The van der Waals surface area contributed by atoms with Crippen molar-refractivity contribution < 1.29 is 4.79 Å². The van der Waals surface area contributed by atoms with E-state index in [4.69, 9.17) is 0 Å². The van der Waals surface area contributed by atoms with Gasteiger partial charge in [-0.15, -0.1) is 0 Å². The summed E-state index contributed by atoms with van der Waals surface area (Å²) in [6.45, 7) is 9.28. The van der Waals surface area contributed by atoms with E-state index in [1.165, 1.54) is 0 Å². The highest BCUT2D eigenvalue weighted by atomic mass is 16.1. The highest BCUT2D eigenvalue weighted by Crippen LogP contribution is 2.09. The van der Waals surface area contributed by atoms with Gasteiger partial charge in [0.2, 0.25) is 0 Å². The predicted molar refractivity (Wildman–Crippen MR) is 66.7 cm³/mol. The molecule has 0 saturated carbocycles. The number of Topliss-reactive ketones (excluding diaryl/α,β-unsaturated/α-hetero) is 1. The predicted octanol–water partition coefficient (Wildman–Crippen LogP) is 3.77. The fourth-order valence-electron chi connectivity index (χ4n) is 1.09. The van der Waals surface area contributed by atoms with E-state index in [0.29, 0.717) is 11.1 Å². The summed E-state index contributed by atoms with van der Waals surface area (Å²) in [6, 6.07) is 0. The Morgan fingerprint density at radius 3 is 2.13 bits per heavy atom. The molecule has 1 nitrogen and oxygen atoms in total. The summed E-state index contributed by atoms with van der Waals surface area (Å²) in [7, 11) is 0. The van der Waals surface area contributed by atoms with Crippen LogP contribution in [0.3, 0.4) is 0 Å². The van der Waals surface area contributed by atoms with Gasteiger partial charge in [0.05, 0.1) is 0 Å². The van der Waals surface area contributed by atoms with Crippen molar-refractivity contribution in [1.29, 1.82) is 0 Å². The zero-order valence-electron chi connectivity index (χ0n) is 9.66. The first-order chi connectivity index (χ1) is 7.21. The van der Waals surface area contributed by atoms with Crippen molar-refractivity contribution in [3.05, 3.63) is 60.3 Å². The third-order valence-corrected chi connectivity index (χ3v) is 1.87. The Labute approximate surface area is 92.2 Å². The van der Waals surface area contributed by atoms with E-state index in [1.54, 1.807) is 24.3 Å². The number of carbonyl (C=O) groups excluding carboxylic acids is 1. The van der Waals surface area contributed by atoms with Crippen LogP contribution in [0.2, 0.25) is 0 Å². The van der Waals surface area contributed by atoms with Crippen LogP contribution < -0.4 is 0 Å². The Morgan fingerprint density at radius 2 is 1.73 bits per heavy atom. The molecule has 0 aromatic carbocycles. The molecule has 0 unspecified atom stereocenters. The SMILES string of the molecule is C=C/C(=C\C=C/C)C(=O)C(/C=C\C)=C/C. The lowest BCUT2D eigenvalue weighted by Crippen LogP contribution is -2.02. The van der Waals surface area contributed by atoms with Gasteiger partial charge in [-0.3, -0.25) is 4.79 Å². The van der Waals surface area contributed by atoms with Crippen LogP contribution in [0.15, 0.2) is 60.3 Å². The fourth-order valence-corrected chi connectivity index (χ4v) is 1.09. The van der Waals surface area contributed by atoms with Gasteiger partial charge in [0, 0.05) is 11.1 Å². The van der Waals surface area contributed by atoms with Crippen molar-refractivity contribution in [2.45, 2.75) is 20.8 Å². The minimum Gasteiger partial charge on any atom is -0.289 e. The maximum atomic E-state index is 11.9. The van der Waals surface area contributed by atoms with Crippen molar-refractivity contribution in [3.63, 3.8) is 0 Å². The van der Waals surface area contributed by atoms with Gasteiger partial charge in [0.25, 0.3) is 0 Å². The molecule has 0 saturated heterocycles. The van der Waals surface area contributed by atoms with Crippen molar-refractivity contribution in [2.24, 2.45) is 0 Å². The summed E-state index contributed by atoms with van der Waals surface area (Å²) in [5, 5.41) is 0. The molecule has 0 radical (unpaired) electrons. The lowest BCUT2D eigenvalue weighted by atomic mass is 10.0. The van der Waals surface area contributed by atoms with Crippen molar-refractivity contribution in [1.82, 2.24) is 0 Å². The number of rotatable bonds is 5. The standard InChI is InChI=1S/C14H18O/c1-5-9-11-13(8-4)14(15)12(7-3)10-6-2/h5-11H,4H2,1-3H3/b9-5-,10-6-,12-7+,13-11+. The second kappa shape index (κ2) is 7.74. The maximum absolute atomic E-state index is 11.9. The molecular weight excluding hydrogens is 184 g/mol. The first kappa shape index (κ1) is 13.4. The van der Waals surface area contributed by atoms with E-state index in [-0.39, 0.29) is 5.78 Å². The molecule has 0 fully saturated rings.